The maximum absolute atomic E-state index is 13.3. The van der Waals surface area contributed by atoms with E-state index in [2.05, 4.69) is 29.4 Å². The quantitative estimate of drug-likeness (QED) is 0.818. The van der Waals surface area contributed by atoms with Crippen molar-refractivity contribution in [3.63, 3.8) is 0 Å². The maximum Gasteiger partial charge on any atom is 0.226 e. The number of hydrogen-bond acceptors (Lipinski definition) is 3. The molecule has 5 rings (SSSR count). The molecule has 5 atom stereocenters. The van der Waals surface area contributed by atoms with Crippen molar-refractivity contribution in [3.8, 4) is 0 Å². The number of carbonyl (C=O) groups excluding carboxylic acids is 2. The van der Waals surface area contributed by atoms with Crippen molar-refractivity contribution < 1.29 is 9.59 Å². The van der Waals surface area contributed by atoms with Crippen LogP contribution in [-0.4, -0.2) is 47.4 Å². The molecule has 4 aliphatic carbocycles. The van der Waals surface area contributed by atoms with E-state index < -0.39 is 0 Å². The van der Waals surface area contributed by atoms with Crippen LogP contribution in [0.15, 0.2) is 0 Å². The summed E-state index contributed by atoms with van der Waals surface area (Å²) in [4.78, 5) is 27.5. The molecule has 5 aliphatic rings. The molecule has 2 unspecified atom stereocenters. The summed E-state index contributed by atoms with van der Waals surface area (Å²) in [6.45, 7) is 8.12. The Morgan fingerprint density at radius 3 is 2.36 bits per heavy atom. The highest BCUT2D eigenvalue weighted by Crippen LogP contribution is 2.61. The lowest BCUT2D eigenvalue weighted by Gasteiger charge is -2.61. The second kappa shape index (κ2) is 5.97. The van der Waals surface area contributed by atoms with E-state index in [0.29, 0.717) is 23.9 Å². The summed E-state index contributed by atoms with van der Waals surface area (Å²) in [6, 6.07) is 0.837. The third-order valence-electron chi connectivity index (χ3n) is 7.27. The summed E-state index contributed by atoms with van der Waals surface area (Å²) in [5.74, 6) is 1.54. The van der Waals surface area contributed by atoms with Crippen LogP contribution in [0.2, 0.25) is 0 Å². The fourth-order valence-corrected chi connectivity index (χ4v) is 6.76. The largest absolute Gasteiger partial charge is 0.352 e. The highest BCUT2D eigenvalue weighted by molar-refractivity contribution is 5.84. The molecule has 1 saturated heterocycles. The molecule has 140 valence electrons. The highest BCUT2D eigenvalue weighted by atomic mass is 16.2. The van der Waals surface area contributed by atoms with Gasteiger partial charge in [-0.15, -0.1) is 0 Å². The number of carbonyl (C=O) groups is 2. The van der Waals surface area contributed by atoms with E-state index in [1.807, 2.05) is 0 Å². The lowest BCUT2D eigenvalue weighted by atomic mass is 9.46. The van der Waals surface area contributed by atoms with Gasteiger partial charge in [-0.1, -0.05) is 0 Å². The van der Waals surface area contributed by atoms with Gasteiger partial charge >= 0.3 is 0 Å². The SMILES string of the molecule is CC(=O)NC12C[C@H]3C[C@@H](C1)CC(C(=O)N[C@H]1CCN(C(C)C)C1)(C3)C2. The van der Waals surface area contributed by atoms with Crippen molar-refractivity contribution in [2.75, 3.05) is 13.1 Å². The summed E-state index contributed by atoms with van der Waals surface area (Å²) in [7, 11) is 0. The molecule has 0 aromatic rings. The molecule has 2 N–H and O–H groups in total. The van der Waals surface area contributed by atoms with Gasteiger partial charge in [0.15, 0.2) is 0 Å². The Bertz CT molecular complexity index is 559. The van der Waals surface area contributed by atoms with Crippen molar-refractivity contribution in [3.05, 3.63) is 0 Å². The number of hydrogen-bond donors (Lipinski definition) is 2. The van der Waals surface area contributed by atoms with Gasteiger partial charge in [0.2, 0.25) is 11.8 Å². The summed E-state index contributed by atoms with van der Waals surface area (Å²) >= 11 is 0. The van der Waals surface area contributed by atoms with Gasteiger partial charge < -0.3 is 10.6 Å². The maximum atomic E-state index is 13.3. The zero-order valence-electron chi connectivity index (χ0n) is 15.9. The molecule has 0 radical (unpaired) electrons. The van der Waals surface area contributed by atoms with E-state index in [0.717, 1.165) is 51.6 Å². The van der Waals surface area contributed by atoms with Crippen LogP contribution in [-0.2, 0) is 9.59 Å². The standard InChI is InChI=1S/C20H33N3O2/c1-13(2)23-5-4-17(11-23)21-18(25)19-7-15-6-16(8-19)10-20(9-15,12-19)22-14(3)24/h13,15-17H,4-12H2,1-3H3,(H,21,25)(H,22,24)/t15-,16+,17-,19?,20?/m0/s1. The lowest BCUT2D eigenvalue weighted by molar-refractivity contribution is -0.153. The van der Waals surface area contributed by atoms with Crippen LogP contribution in [0.4, 0.5) is 0 Å². The van der Waals surface area contributed by atoms with Crippen molar-refractivity contribution in [1.82, 2.24) is 15.5 Å². The zero-order valence-corrected chi connectivity index (χ0v) is 15.9. The number of nitrogens with one attached hydrogen (secondary N) is 2. The Morgan fingerprint density at radius 2 is 1.80 bits per heavy atom. The van der Waals surface area contributed by atoms with E-state index >= 15 is 0 Å². The molecular weight excluding hydrogens is 314 g/mol. The first kappa shape index (κ1) is 17.3. The van der Waals surface area contributed by atoms with Crippen molar-refractivity contribution in [1.29, 1.82) is 0 Å². The predicted octanol–water partition coefficient (Wildman–Crippen LogP) is 2.06. The average Bonchev–Trinajstić information content (AvgIpc) is 2.93. The number of nitrogens with zero attached hydrogens (tertiary/aromatic N) is 1. The van der Waals surface area contributed by atoms with E-state index in [-0.39, 0.29) is 22.8 Å². The molecule has 4 bridgehead atoms. The summed E-state index contributed by atoms with van der Waals surface area (Å²) in [5, 5.41) is 6.65. The minimum Gasteiger partial charge on any atom is -0.352 e. The monoisotopic (exact) mass is 347 g/mol. The number of likely N-dealkylation sites (tertiary alicyclic amines) is 1. The molecule has 5 fully saturated rings. The summed E-state index contributed by atoms with van der Waals surface area (Å²) in [5.41, 5.74) is -0.356. The Hall–Kier alpha value is -1.10. The smallest absolute Gasteiger partial charge is 0.226 e. The fraction of sp³-hybridized carbons (Fsp3) is 0.900. The second-order valence-corrected chi connectivity index (χ2v) is 9.75. The highest BCUT2D eigenvalue weighted by Gasteiger charge is 2.61. The van der Waals surface area contributed by atoms with Crippen LogP contribution in [0.1, 0.15) is 65.7 Å². The first-order valence-corrected chi connectivity index (χ1v) is 10.1. The third kappa shape index (κ3) is 3.09. The van der Waals surface area contributed by atoms with Crippen LogP contribution >= 0.6 is 0 Å². The first-order valence-electron chi connectivity index (χ1n) is 10.1. The predicted molar refractivity (Wildman–Crippen MR) is 96.9 cm³/mol. The normalized spacial score (nSPS) is 42.8. The molecule has 5 heteroatoms. The molecule has 1 heterocycles. The minimum atomic E-state index is -0.238. The van der Waals surface area contributed by atoms with E-state index in [9.17, 15) is 9.59 Å². The molecule has 25 heavy (non-hydrogen) atoms. The second-order valence-electron chi connectivity index (χ2n) is 9.75. The van der Waals surface area contributed by atoms with Crippen molar-refractivity contribution in [2.45, 2.75) is 83.3 Å². The van der Waals surface area contributed by atoms with Crippen LogP contribution in [0, 0.1) is 17.3 Å². The van der Waals surface area contributed by atoms with Gasteiger partial charge in [-0.2, -0.15) is 0 Å². The first-order chi connectivity index (χ1) is 11.8. The molecule has 4 saturated carbocycles. The molecule has 0 aromatic heterocycles. The fourth-order valence-electron chi connectivity index (χ4n) is 6.76. The average molecular weight is 348 g/mol. The lowest BCUT2D eigenvalue weighted by Crippen LogP contribution is -2.66. The van der Waals surface area contributed by atoms with Crippen LogP contribution in [0.5, 0.6) is 0 Å². The molecule has 5 nitrogen and oxygen atoms in total. The Morgan fingerprint density at radius 1 is 1.12 bits per heavy atom. The van der Waals surface area contributed by atoms with Gasteiger partial charge in [-0.05, 0) is 70.6 Å². The van der Waals surface area contributed by atoms with E-state index in [4.69, 9.17) is 0 Å². The number of amides is 2. The third-order valence-corrected chi connectivity index (χ3v) is 7.27. The van der Waals surface area contributed by atoms with Crippen LogP contribution < -0.4 is 10.6 Å². The van der Waals surface area contributed by atoms with Crippen molar-refractivity contribution >= 4 is 11.8 Å². The number of rotatable bonds is 4. The zero-order chi connectivity index (χ0) is 17.8. The molecule has 0 aromatic carbocycles. The van der Waals surface area contributed by atoms with Gasteiger partial charge in [-0.3, -0.25) is 14.5 Å². The topological polar surface area (TPSA) is 61.4 Å². The molecule has 0 spiro atoms. The molecular formula is C20H33N3O2. The van der Waals surface area contributed by atoms with Crippen LogP contribution in [0.25, 0.3) is 0 Å². The van der Waals surface area contributed by atoms with Crippen molar-refractivity contribution in [2.24, 2.45) is 17.3 Å². The van der Waals surface area contributed by atoms with E-state index in [1.54, 1.807) is 6.92 Å². The summed E-state index contributed by atoms with van der Waals surface area (Å²) < 4.78 is 0. The van der Waals surface area contributed by atoms with Gasteiger partial charge in [0, 0.05) is 37.6 Å². The van der Waals surface area contributed by atoms with Gasteiger partial charge in [0.25, 0.3) is 0 Å². The van der Waals surface area contributed by atoms with Gasteiger partial charge in [0.05, 0.1) is 5.41 Å². The minimum absolute atomic E-state index is 0.0564. The van der Waals surface area contributed by atoms with Gasteiger partial charge in [0.1, 0.15) is 0 Å². The Balaban J connectivity index is 1.48. The van der Waals surface area contributed by atoms with Crippen LogP contribution in [0.3, 0.4) is 0 Å². The Labute approximate surface area is 151 Å². The molecule has 1 aliphatic heterocycles. The summed E-state index contributed by atoms with van der Waals surface area (Å²) in [6.07, 6.45) is 7.35. The van der Waals surface area contributed by atoms with E-state index in [1.165, 1.54) is 6.42 Å². The van der Waals surface area contributed by atoms with Gasteiger partial charge in [-0.25, -0.2) is 0 Å². The Kier molecular flexibility index (Phi) is 4.13. The molecule has 2 amide bonds.